The predicted octanol–water partition coefficient (Wildman–Crippen LogP) is 1.05. The van der Waals surface area contributed by atoms with Crippen molar-refractivity contribution < 1.29 is 0 Å². The summed E-state index contributed by atoms with van der Waals surface area (Å²) in [6.07, 6.45) is 5.17. The van der Waals surface area contributed by atoms with E-state index < -0.39 is 0 Å². The number of aromatic nitrogens is 5. The zero-order valence-electron chi connectivity index (χ0n) is 10.5. The first-order chi connectivity index (χ1) is 9.27. The van der Waals surface area contributed by atoms with Gasteiger partial charge in [0, 0.05) is 7.05 Å². The number of hydrogen-bond acceptors (Lipinski definition) is 4. The Hall–Kier alpha value is -2.47. The molecule has 0 saturated heterocycles. The SMILES string of the molecule is Cn1cncc1C(N)c1cnnn1-c1ccccc1. The fourth-order valence-electron chi connectivity index (χ4n) is 2.04. The zero-order chi connectivity index (χ0) is 13.2. The summed E-state index contributed by atoms with van der Waals surface area (Å²) in [7, 11) is 1.92. The molecule has 2 aromatic heterocycles. The molecule has 0 aliphatic carbocycles. The van der Waals surface area contributed by atoms with Gasteiger partial charge < -0.3 is 10.3 Å². The minimum Gasteiger partial charge on any atom is -0.336 e. The summed E-state index contributed by atoms with van der Waals surface area (Å²) < 4.78 is 3.64. The normalized spacial score (nSPS) is 12.5. The highest BCUT2D eigenvalue weighted by Crippen LogP contribution is 2.20. The van der Waals surface area contributed by atoms with Gasteiger partial charge in [0.25, 0.3) is 0 Å². The van der Waals surface area contributed by atoms with Gasteiger partial charge in [-0.25, -0.2) is 9.67 Å². The first-order valence-electron chi connectivity index (χ1n) is 5.95. The molecule has 2 N–H and O–H groups in total. The van der Waals surface area contributed by atoms with Gasteiger partial charge in [-0.2, -0.15) is 0 Å². The Balaban J connectivity index is 2.04. The number of rotatable bonds is 3. The first-order valence-corrected chi connectivity index (χ1v) is 5.95. The van der Waals surface area contributed by atoms with E-state index >= 15 is 0 Å². The molecule has 0 spiro atoms. The summed E-state index contributed by atoms with van der Waals surface area (Å²) >= 11 is 0. The van der Waals surface area contributed by atoms with Crippen molar-refractivity contribution in [2.75, 3.05) is 0 Å². The highest BCUT2D eigenvalue weighted by Gasteiger charge is 2.18. The van der Waals surface area contributed by atoms with E-state index in [4.69, 9.17) is 5.73 Å². The minimum absolute atomic E-state index is 0.317. The molecule has 1 aromatic carbocycles. The topological polar surface area (TPSA) is 74.6 Å². The molecule has 6 heteroatoms. The first kappa shape index (κ1) is 11.6. The molecule has 6 nitrogen and oxygen atoms in total. The molecule has 3 rings (SSSR count). The maximum absolute atomic E-state index is 6.28. The van der Waals surface area contributed by atoms with Crippen LogP contribution in [0.25, 0.3) is 5.69 Å². The Morgan fingerprint density at radius 2 is 1.89 bits per heavy atom. The largest absolute Gasteiger partial charge is 0.336 e. The summed E-state index contributed by atoms with van der Waals surface area (Å²) in [5.41, 5.74) is 8.96. The minimum atomic E-state index is -0.317. The van der Waals surface area contributed by atoms with Gasteiger partial charge in [0.15, 0.2) is 0 Å². The third kappa shape index (κ3) is 2.02. The van der Waals surface area contributed by atoms with Crippen LogP contribution >= 0.6 is 0 Å². The fraction of sp³-hybridized carbons (Fsp3) is 0.154. The van der Waals surface area contributed by atoms with Gasteiger partial charge in [-0.05, 0) is 12.1 Å². The fourth-order valence-corrected chi connectivity index (χ4v) is 2.04. The second-order valence-corrected chi connectivity index (χ2v) is 4.31. The quantitative estimate of drug-likeness (QED) is 0.758. The molecule has 2 heterocycles. The number of aryl methyl sites for hydroxylation is 1. The zero-order valence-corrected chi connectivity index (χ0v) is 10.5. The smallest absolute Gasteiger partial charge is 0.0946 e. The lowest BCUT2D eigenvalue weighted by Crippen LogP contribution is -2.19. The van der Waals surface area contributed by atoms with Crippen LogP contribution in [0, 0.1) is 0 Å². The Kier molecular flexibility index (Phi) is 2.85. The van der Waals surface area contributed by atoms with Crippen LogP contribution in [0.15, 0.2) is 49.1 Å². The lowest BCUT2D eigenvalue weighted by molar-refractivity contribution is 0.680. The maximum atomic E-state index is 6.28. The van der Waals surface area contributed by atoms with Crippen molar-refractivity contribution in [2.24, 2.45) is 12.8 Å². The molecule has 0 saturated carbocycles. The lowest BCUT2D eigenvalue weighted by Gasteiger charge is -2.13. The van der Waals surface area contributed by atoms with E-state index in [0.717, 1.165) is 17.1 Å². The standard InChI is InChI=1S/C13H14N6/c1-18-9-15-7-11(18)13(14)12-8-16-17-19(12)10-5-3-2-4-6-10/h2-9,13H,14H2,1H3. The van der Waals surface area contributed by atoms with Crippen LogP contribution < -0.4 is 5.73 Å². The number of para-hydroxylation sites is 1. The van der Waals surface area contributed by atoms with Crippen molar-refractivity contribution in [1.29, 1.82) is 0 Å². The summed E-state index contributed by atoms with van der Waals surface area (Å²) in [4.78, 5) is 4.09. The summed E-state index contributed by atoms with van der Waals surface area (Å²) in [5, 5.41) is 8.07. The summed E-state index contributed by atoms with van der Waals surface area (Å²) in [6.45, 7) is 0. The van der Waals surface area contributed by atoms with Crippen molar-refractivity contribution in [3.63, 3.8) is 0 Å². The van der Waals surface area contributed by atoms with Gasteiger partial charge >= 0.3 is 0 Å². The highest BCUT2D eigenvalue weighted by atomic mass is 15.4. The van der Waals surface area contributed by atoms with Gasteiger partial charge in [-0.1, -0.05) is 23.4 Å². The molecule has 1 atom stereocenters. The molecule has 1 unspecified atom stereocenters. The van der Waals surface area contributed by atoms with E-state index in [9.17, 15) is 0 Å². The van der Waals surface area contributed by atoms with Crippen molar-refractivity contribution in [2.45, 2.75) is 6.04 Å². The Morgan fingerprint density at radius 3 is 2.58 bits per heavy atom. The molecule has 0 amide bonds. The maximum Gasteiger partial charge on any atom is 0.0946 e. The van der Waals surface area contributed by atoms with Crippen molar-refractivity contribution in [1.82, 2.24) is 24.5 Å². The predicted molar refractivity (Wildman–Crippen MR) is 70.6 cm³/mol. The van der Waals surface area contributed by atoms with Crippen LogP contribution in [-0.4, -0.2) is 24.5 Å². The van der Waals surface area contributed by atoms with Crippen molar-refractivity contribution >= 4 is 0 Å². The van der Waals surface area contributed by atoms with E-state index in [1.807, 2.05) is 41.9 Å². The molecule has 0 radical (unpaired) electrons. The van der Waals surface area contributed by atoms with Crippen LogP contribution in [0.5, 0.6) is 0 Å². The monoisotopic (exact) mass is 254 g/mol. The van der Waals surface area contributed by atoms with Crippen LogP contribution in [0.4, 0.5) is 0 Å². The molecule has 0 aliphatic heterocycles. The van der Waals surface area contributed by atoms with E-state index in [0.29, 0.717) is 0 Å². The van der Waals surface area contributed by atoms with Gasteiger partial charge in [0.2, 0.25) is 0 Å². The molecule has 96 valence electrons. The number of nitrogens with two attached hydrogens (primary N) is 1. The number of benzene rings is 1. The number of nitrogens with zero attached hydrogens (tertiary/aromatic N) is 5. The van der Waals surface area contributed by atoms with Crippen LogP contribution in [0.3, 0.4) is 0 Å². The van der Waals surface area contributed by atoms with Crippen LogP contribution in [0.1, 0.15) is 17.4 Å². The Morgan fingerprint density at radius 1 is 1.11 bits per heavy atom. The molecular formula is C13H14N6. The van der Waals surface area contributed by atoms with Crippen molar-refractivity contribution in [3.05, 3.63) is 60.4 Å². The second kappa shape index (κ2) is 4.66. The van der Waals surface area contributed by atoms with E-state index in [1.165, 1.54) is 0 Å². The van der Waals surface area contributed by atoms with Gasteiger partial charge in [-0.3, -0.25) is 0 Å². The molecule has 3 aromatic rings. The van der Waals surface area contributed by atoms with Crippen LogP contribution in [-0.2, 0) is 7.05 Å². The van der Waals surface area contributed by atoms with Gasteiger partial charge in [-0.15, -0.1) is 5.10 Å². The summed E-state index contributed by atoms with van der Waals surface area (Å²) in [5.74, 6) is 0. The highest BCUT2D eigenvalue weighted by molar-refractivity contribution is 5.33. The number of hydrogen-bond donors (Lipinski definition) is 1. The van der Waals surface area contributed by atoms with E-state index in [1.54, 1.807) is 23.4 Å². The van der Waals surface area contributed by atoms with E-state index in [2.05, 4.69) is 15.3 Å². The molecule has 0 fully saturated rings. The van der Waals surface area contributed by atoms with Crippen LogP contribution in [0.2, 0.25) is 0 Å². The Bertz CT molecular complexity index is 669. The average Bonchev–Trinajstić information content (AvgIpc) is 3.07. The summed E-state index contributed by atoms with van der Waals surface area (Å²) in [6, 6.07) is 9.48. The number of imidazole rings is 1. The van der Waals surface area contributed by atoms with Gasteiger partial charge in [0.05, 0.1) is 41.8 Å². The van der Waals surface area contributed by atoms with E-state index in [-0.39, 0.29) is 6.04 Å². The average molecular weight is 254 g/mol. The molecule has 0 aliphatic rings. The van der Waals surface area contributed by atoms with Gasteiger partial charge in [0.1, 0.15) is 0 Å². The third-order valence-electron chi connectivity index (χ3n) is 3.07. The third-order valence-corrected chi connectivity index (χ3v) is 3.07. The second-order valence-electron chi connectivity index (χ2n) is 4.31. The molecular weight excluding hydrogens is 240 g/mol. The molecule has 19 heavy (non-hydrogen) atoms. The Labute approximate surface area is 110 Å². The molecule has 0 bridgehead atoms. The lowest BCUT2D eigenvalue weighted by atomic mass is 10.1. The van der Waals surface area contributed by atoms with Crippen molar-refractivity contribution in [3.8, 4) is 5.69 Å².